The van der Waals surface area contributed by atoms with Crippen molar-refractivity contribution in [1.82, 2.24) is 20.6 Å². The van der Waals surface area contributed by atoms with E-state index in [2.05, 4.69) is 20.6 Å². The highest BCUT2D eigenvalue weighted by molar-refractivity contribution is 5.91. The third-order valence-electron chi connectivity index (χ3n) is 6.46. The Hall–Kier alpha value is -3.78. The van der Waals surface area contributed by atoms with E-state index in [0.29, 0.717) is 25.8 Å². The zero-order valence-corrected chi connectivity index (χ0v) is 21.1. The highest BCUT2D eigenvalue weighted by Crippen LogP contribution is 2.24. The first-order valence-electron chi connectivity index (χ1n) is 12.4. The van der Waals surface area contributed by atoms with Crippen molar-refractivity contribution in [3.63, 3.8) is 0 Å². The lowest BCUT2D eigenvalue weighted by molar-refractivity contribution is -0.129. The van der Waals surface area contributed by atoms with Crippen LogP contribution in [0.3, 0.4) is 0 Å². The van der Waals surface area contributed by atoms with E-state index in [1.807, 2.05) is 68.7 Å². The largest absolute Gasteiger partial charge is 0.497 e. The van der Waals surface area contributed by atoms with Crippen molar-refractivity contribution in [2.75, 3.05) is 13.7 Å². The van der Waals surface area contributed by atoms with Gasteiger partial charge in [0.05, 0.1) is 13.2 Å². The van der Waals surface area contributed by atoms with Crippen LogP contribution in [-0.2, 0) is 22.4 Å². The third-order valence-corrected chi connectivity index (χ3v) is 6.46. The number of amides is 2. The summed E-state index contributed by atoms with van der Waals surface area (Å²) in [6.07, 6.45) is 5.40. The summed E-state index contributed by atoms with van der Waals surface area (Å²) in [5.74, 6) is 0.517. The SMILES string of the molecule is COc1ccc2[nH]cc(CCNC(=O)[C@H](Cc3c[nH]c4ccccc34)NC(=O)[C@@H](N)CC(C)C)c2c1. The lowest BCUT2D eigenvalue weighted by atomic mass is 10.0. The number of para-hydroxylation sites is 1. The first-order valence-corrected chi connectivity index (χ1v) is 12.4. The van der Waals surface area contributed by atoms with Gasteiger partial charge in [0.2, 0.25) is 11.8 Å². The molecule has 2 aromatic carbocycles. The average Bonchev–Trinajstić information content (AvgIpc) is 3.46. The summed E-state index contributed by atoms with van der Waals surface area (Å²) in [6.45, 7) is 4.47. The summed E-state index contributed by atoms with van der Waals surface area (Å²) >= 11 is 0. The molecule has 2 aromatic heterocycles. The molecule has 2 heterocycles. The molecule has 0 aliphatic rings. The molecule has 0 fully saturated rings. The second-order valence-corrected chi connectivity index (χ2v) is 9.63. The number of H-pyrrole nitrogens is 2. The van der Waals surface area contributed by atoms with E-state index >= 15 is 0 Å². The maximum absolute atomic E-state index is 13.3. The Morgan fingerprint density at radius 1 is 0.972 bits per heavy atom. The van der Waals surface area contributed by atoms with E-state index in [4.69, 9.17) is 10.5 Å². The first kappa shape index (κ1) is 25.3. The molecule has 0 aliphatic heterocycles. The number of aromatic amines is 2. The van der Waals surface area contributed by atoms with Gasteiger partial charge in [-0.05, 0) is 54.2 Å². The molecule has 0 bridgehead atoms. The third kappa shape index (κ3) is 5.88. The van der Waals surface area contributed by atoms with Crippen molar-refractivity contribution in [3.8, 4) is 5.75 Å². The number of hydrogen-bond donors (Lipinski definition) is 5. The minimum absolute atomic E-state index is 0.234. The molecular weight excluding hydrogens is 454 g/mol. The van der Waals surface area contributed by atoms with Gasteiger partial charge in [-0.1, -0.05) is 32.0 Å². The van der Waals surface area contributed by atoms with Gasteiger partial charge < -0.3 is 31.1 Å². The molecule has 0 aliphatic carbocycles. The molecule has 0 saturated carbocycles. The maximum Gasteiger partial charge on any atom is 0.242 e. The van der Waals surface area contributed by atoms with E-state index in [1.54, 1.807) is 7.11 Å². The fourth-order valence-corrected chi connectivity index (χ4v) is 4.56. The molecule has 2 amide bonds. The van der Waals surface area contributed by atoms with Gasteiger partial charge in [0.1, 0.15) is 11.8 Å². The number of benzene rings is 2. The van der Waals surface area contributed by atoms with E-state index < -0.39 is 12.1 Å². The highest BCUT2D eigenvalue weighted by atomic mass is 16.5. The number of hydrogen-bond acceptors (Lipinski definition) is 4. The topological polar surface area (TPSA) is 125 Å². The zero-order valence-electron chi connectivity index (χ0n) is 21.1. The van der Waals surface area contributed by atoms with Crippen molar-refractivity contribution >= 4 is 33.6 Å². The van der Waals surface area contributed by atoms with Crippen LogP contribution in [0.2, 0.25) is 0 Å². The summed E-state index contributed by atoms with van der Waals surface area (Å²) in [5.41, 5.74) is 10.2. The van der Waals surface area contributed by atoms with E-state index in [1.165, 1.54) is 0 Å². The molecule has 0 saturated heterocycles. The number of methoxy groups -OCH3 is 1. The van der Waals surface area contributed by atoms with Crippen LogP contribution in [0.25, 0.3) is 21.8 Å². The van der Waals surface area contributed by atoms with Crippen LogP contribution in [-0.4, -0.2) is 47.5 Å². The zero-order chi connectivity index (χ0) is 25.7. The Morgan fingerprint density at radius 2 is 1.69 bits per heavy atom. The number of aromatic nitrogens is 2. The van der Waals surface area contributed by atoms with Crippen molar-refractivity contribution in [2.24, 2.45) is 11.7 Å². The molecule has 0 unspecified atom stereocenters. The van der Waals surface area contributed by atoms with E-state index in [-0.39, 0.29) is 17.7 Å². The minimum Gasteiger partial charge on any atom is -0.497 e. The summed E-state index contributed by atoms with van der Waals surface area (Å²) < 4.78 is 5.34. The van der Waals surface area contributed by atoms with Crippen molar-refractivity contribution < 1.29 is 14.3 Å². The summed E-state index contributed by atoms with van der Waals surface area (Å²) in [5, 5.41) is 8.00. The molecule has 190 valence electrons. The van der Waals surface area contributed by atoms with Gasteiger partial charge >= 0.3 is 0 Å². The Balaban J connectivity index is 1.46. The Bertz CT molecular complexity index is 1340. The number of ether oxygens (including phenoxy) is 1. The van der Waals surface area contributed by atoms with Crippen molar-refractivity contribution in [2.45, 2.75) is 45.2 Å². The molecule has 36 heavy (non-hydrogen) atoms. The van der Waals surface area contributed by atoms with Crippen molar-refractivity contribution in [1.29, 1.82) is 0 Å². The van der Waals surface area contributed by atoms with Crippen molar-refractivity contribution in [3.05, 3.63) is 66.0 Å². The van der Waals surface area contributed by atoms with E-state index in [0.717, 1.165) is 38.7 Å². The quantitative estimate of drug-likeness (QED) is 0.221. The number of rotatable bonds is 11. The minimum atomic E-state index is -0.738. The average molecular weight is 490 g/mol. The predicted octanol–water partition coefficient (Wildman–Crippen LogP) is 3.42. The standard InChI is InChI=1S/C28H35N5O3/c1-17(2)12-23(29)27(34)33-26(13-19-16-32-24-7-5-4-6-21(19)24)28(35)30-11-10-18-15-31-25-9-8-20(36-3)14-22(18)25/h4-9,14-17,23,26,31-32H,10-13,29H2,1-3H3,(H,30,35)(H,33,34)/t23-,26-/m0/s1. The molecule has 6 N–H and O–H groups in total. The maximum atomic E-state index is 13.3. The van der Waals surface area contributed by atoms with Gasteiger partial charge in [-0.3, -0.25) is 9.59 Å². The van der Waals surface area contributed by atoms with E-state index in [9.17, 15) is 9.59 Å². The van der Waals surface area contributed by atoms with Gasteiger partial charge in [0.15, 0.2) is 0 Å². The molecule has 4 aromatic rings. The second-order valence-electron chi connectivity index (χ2n) is 9.63. The normalized spacial score (nSPS) is 13.1. The first-order chi connectivity index (χ1) is 17.4. The highest BCUT2D eigenvalue weighted by Gasteiger charge is 2.25. The van der Waals surface area contributed by atoms with Gasteiger partial charge in [-0.2, -0.15) is 0 Å². The number of nitrogens with two attached hydrogens (primary N) is 1. The molecule has 4 rings (SSSR count). The monoisotopic (exact) mass is 489 g/mol. The second kappa shape index (κ2) is 11.3. The van der Waals surface area contributed by atoms with Crippen LogP contribution >= 0.6 is 0 Å². The molecular formula is C28H35N5O3. The predicted molar refractivity (Wildman–Crippen MR) is 143 cm³/mol. The molecule has 0 spiro atoms. The van der Waals surface area contributed by atoms with Gasteiger partial charge in [-0.25, -0.2) is 0 Å². The van der Waals surface area contributed by atoms with Crippen LogP contribution < -0.4 is 21.1 Å². The fraction of sp³-hybridized carbons (Fsp3) is 0.357. The van der Waals surface area contributed by atoms with Gasteiger partial charge in [-0.15, -0.1) is 0 Å². The summed E-state index contributed by atoms with van der Waals surface area (Å²) in [6, 6.07) is 12.4. The van der Waals surface area contributed by atoms with Crippen LogP contribution in [0.5, 0.6) is 5.75 Å². The smallest absolute Gasteiger partial charge is 0.242 e. The number of carbonyl (C=O) groups is 2. The molecule has 2 atom stereocenters. The number of fused-ring (bicyclic) bond motifs is 2. The van der Waals surface area contributed by atoms with Crippen LogP contribution in [0.15, 0.2) is 54.9 Å². The van der Waals surface area contributed by atoms with Crippen LogP contribution in [0.4, 0.5) is 0 Å². The Kier molecular flexibility index (Phi) is 7.95. The van der Waals surface area contributed by atoms with Gasteiger partial charge in [0.25, 0.3) is 0 Å². The lowest BCUT2D eigenvalue weighted by Gasteiger charge is -2.21. The summed E-state index contributed by atoms with van der Waals surface area (Å²) in [4.78, 5) is 32.6. The van der Waals surface area contributed by atoms with Crippen LogP contribution in [0.1, 0.15) is 31.4 Å². The lowest BCUT2D eigenvalue weighted by Crippen LogP contribution is -2.53. The summed E-state index contributed by atoms with van der Waals surface area (Å²) in [7, 11) is 1.64. The van der Waals surface area contributed by atoms with Crippen LogP contribution in [0, 0.1) is 5.92 Å². The number of nitrogens with one attached hydrogen (secondary N) is 4. The Morgan fingerprint density at radius 3 is 2.44 bits per heavy atom. The molecule has 8 heteroatoms. The molecule has 8 nitrogen and oxygen atoms in total. The number of carbonyl (C=O) groups excluding carboxylic acids is 2. The van der Waals surface area contributed by atoms with Gasteiger partial charge in [0, 0.05) is 47.2 Å². The molecule has 0 radical (unpaired) electrons. The fourth-order valence-electron chi connectivity index (χ4n) is 4.56. The Labute approximate surface area is 211 Å².